The number of amides is 1. The molecule has 2 saturated heterocycles. The number of hydrogen-bond acceptors (Lipinski definition) is 3. The van der Waals surface area contributed by atoms with Crippen molar-refractivity contribution in [3.05, 3.63) is 12.7 Å². The summed E-state index contributed by atoms with van der Waals surface area (Å²) in [6, 6.07) is 0. The maximum atomic E-state index is 12.6. The molecule has 7 unspecified atom stereocenters. The number of carbonyl (C=O) groups is 1. The van der Waals surface area contributed by atoms with Crippen LogP contribution in [0.5, 0.6) is 0 Å². The highest BCUT2D eigenvalue weighted by molar-refractivity contribution is 5.84. The van der Waals surface area contributed by atoms with E-state index in [0.29, 0.717) is 18.9 Å². The SMILES string of the molecule is C=CCC12OC3C(O)C4CC3C1C4C(=O)N2CC. The molecule has 0 aromatic heterocycles. The Labute approximate surface area is 107 Å². The molecule has 4 nitrogen and oxygen atoms in total. The van der Waals surface area contributed by atoms with Crippen molar-refractivity contribution in [3.63, 3.8) is 0 Å². The normalized spacial score (nSPS) is 55.7. The maximum Gasteiger partial charge on any atom is 0.228 e. The summed E-state index contributed by atoms with van der Waals surface area (Å²) >= 11 is 0. The van der Waals surface area contributed by atoms with Crippen LogP contribution in [0.2, 0.25) is 0 Å². The number of carbonyl (C=O) groups excluding carboxylic acids is 1. The highest BCUT2D eigenvalue weighted by Crippen LogP contribution is 2.68. The summed E-state index contributed by atoms with van der Waals surface area (Å²) in [5.41, 5.74) is -0.500. The van der Waals surface area contributed by atoms with Gasteiger partial charge < -0.3 is 14.7 Å². The third-order valence-electron chi connectivity index (χ3n) is 5.67. The van der Waals surface area contributed by atoms with Crippen molar-refractivity contribution in [2.24, 2.45) is 23.7 Å². The lowest BCUT2D eigenvalue weighted by Crippen LogP contribution is -2.50. The minimum Gasteiger partial charge on any atom is -0.390 e. The van der Waals surface area contributed by atoms with Crippen molar-refractivity contribution in [3.8, 4) is 0 Å². The molecule has 2 heterocycles. The van der Waals surface area contributed by atoms with Gasteiger partial charge in [0, 0.05) is 18.9 Å². The summed E-state index contributed by atoms with van der Waals surface area (Å²) in [5.74, 6) is 0.954. The zero-order valence-electron chi connectivity index (χ0n) is 10.6. The number of aliphatic hydroxyl groups is 1. The smallest absolute Gasteiger partial charge is 0.228 e. The third kappa shape index (κ3) is 0.894. The van der Waals surface area contributed by atoms with Gasteiger partial charge in [0.2, 0.25) is 5.91 Å². The summed E-state index contributed by atoms with van der Waals surface area (Å²) in [7, 11) is 0. The first kappa shape index (κ1) is 11.0. The summed E-state index contributed by atoms with van der Waals surface area (Å²) in [6.07, 6.45) is 3.00. The quantitative estimate of drug-likeness (QED) is 0.751. The second-order valence-corrected chi connectivity index (χ2v) is 6.11. The molecule has 18 heavy (non-hydrogen) atoms. The number of aliphatic hydroxyl groups excluding tert-OH is 1. The van der Waals surface area contributed by atoms with Gasteiger partial charge in [0.25, 0.3) is 0 Å². The van der Waals surface area contributed by atoms with Gasteiger partial charge in [0.1, 0.15) is 0 Å². The van der Waals surface area contributed by atoms with Crippen LogP contribution < -0.4 is 0 Å². The number of likely N-dealkylation sites (tertiary alicyclic amines) is 1. The predicted octanol–water partition coefficient (Wildman–Crippen LogP) is 0.763. The lowest BCUT2D eigenvalue weighted by atomic mass is 9.76. The number of rotatable bonds is 3. The Bertz CT molecular complexity index is 437. The van der Waals surface area contributed by atoms with Gasteiger partial charge in [-0.15, -0.1) is 6.58 Å². The first-order valence-corrected chi connectivity index (χ1v) is 6.94. The van der Waals surface area contributed by atoms with Gasteiger partial charge in [-0.25, -0.2) is 0 Å². The largest absolute Gasteiger partial charge is 0.390 e. The third-order valence-corrected chi connectivity index (χ3v) is 5.67. The van der Waals surface area contributed by atoms with Crippen molar-refractivity contribution >= 4 is 5.91 Å². The Hall–Kier alpha value is -0.870. The van der Waals surface area contributed by atoms with Gasteiger partial charge in [-0.3, -0.25) is 4.79 Å². The van der Waals surface area contributed by atoms with Gasteiger partial charge in [0.15, 0.2) is 5.72 Å². The Morgan fingerprint density at radius 2 is 2.39 bits per heavy atom. The average molecular weight is 249 g/mol. The minimum absolute atomic E-state index is 0.0105. The van der Waals surface area contributed by atoms with Crippen molar-refractivity contribution in [1.82, 2.24) is 4.90 Å². The second kappa shape index (κ2) is 3.17. The summed E-state index contributed by atoms with van der Waals surface area (Å²) in [5, 5.41) is 10.3. The molecule has 1 N–H and O–H groups in total. The molecule has 0 aromatic carbocycles. The van der Waals surface area contributed by atoms with Gasteiger partial charge in [-0.2, -0.15) is 0 Å². The van der Waals surface area contributed by atoms with Crippen molar-refractivity contribution < 1.29 is 14.6 Å². The molecule has 1 amide bonds. The molecule has 98 valence electrons. The van der Waals surface area contributed by atoms with E-state index in [1.807, 2.05) is 17.9 Å². The number of nitrogens with zero attached hydrogens (tertiary/aromatic N) is 1. The predicted molar refractivity (Wildman–Crippen MR) is 64.4 cm³/mol. The molecule has 4 fully saturated rings. The average Bonchev–Trinajstić information content (AvgIpc) is 2.97. The fourth-order valence-corrected chi connectivity index (χ4v) is 5.29. The summed E-state index contributed by atoms with van der Waals surface area (Å²) < 4.78 is 6.23. The zero-order chi connectivity index (χ0) is 12.7. The zero-order valence-corrected chi connectivity index (χ0v) is 10.6. The van der Waals surface area contributed by atoms with E-state index in [1.54, 1.807) is 0 Å². The Kier molecular flexibility index (Phi) is 1.94. The van der Waals surface area contributed by atoms with E-state index in [1.165, 1.54) is 0 Å². The monoisotopic (exact) mass is 249 g/mol. The molecule has 0 radical (unpaired) electrons. The van der Waals surface area contributed by atoms with Crippen LogP contribution in [0.15, 0.2) is 12.7 Å². The standard InChI is InChI=1S/C14H19NO3/c1-3-5-14-10-8-6-7(11(16)12(8)18-14)9(10)13(17)15(14)4-2/h3,7-12,16H,1,4-6H2,2H3. The number of ether oxygens (including phenoxy) is 1. The van der Waals surface area contributed by atoms with Gasteiger partial charge >= 0.3 is 0 Å². The lowest BCUT2D eigenvalue weighted by Gasteiger charge is -2.37. The van der Waals surface area contributed by atoms with Crippen LogP contribution in [-0.2, 0) is 9.53 Å². The lowest BCUT2D eigenvalue weighted by molar-refractivity contribution is -0.176. The van der Waals surface area contributed by atoms with E-state index in [-0.39, 0.29) is 29.8 Å². The van der Waals surface area contributed by atoms with Crippen molar-refractivity contribution in [2.75, 3.05) is 6.54 Å². The molecule has 2 aliphatic heterocycles. The number of fused-ring (bicyclic) bond motifs is 2. The van der Waals surface area contributed by atoms with Crippen LogP contribution in [0.1, 0.15) is 19.8 Å². The van der Waals surface area contributed by atoms with Crippen LogP contribution >= 0.6 is 0 Å². The topological polar surface area (TPSA) is 49.8 Å². The molecule has 0 spiro atoms. The van der Waals surface area contributed by atoms with E-state index in [4.69, 9.17) is 4.74 Å². The Balaban J connectivity index is 1.86. The molecule has 2 aliphatic carbocycles. The molecule has 4 heteroatoms. The van der Waals surface area contributed by atoms with E-state index >= 15 is 0 Å². The van der Waals surface area contributed by atoms with Crippen LogP contribution in [0, 0.1) is 23.7 Å². The molecule has 0 aromatic rings. The van der Waals surface area contributed by atoms with Crippen molar-refractivity contribution in [2.45, 2.75) is 37.7 Å². The molecule has 4 aliphatic rings. The first-order chi connectivity index (χ1) is 8.65. The second-order valence-electron chi connectivity index (χ2n) is 6.11. The molecule has 2 bridgehead atoms. The molecular weight excluding hydrogens is 230 g/mol. The maximum absolute atomic E-state index is 12.6. The van der Waals surface area contributed by atoms with Gasteiger partial charge in [0.05, 0.1) is 18.1 Å². The highest BCUT2D eigenvalue weighted by Gasteiger charge is 2.77. The van der Waals surface area contributed by atoms with Crippen LogP contribution in [-0.4, -0.2) is 40.4 Å². The van der Waals surface area contributed by atoms with Crippen LogP contribution in [0.3, 0.4) is 0 Å². The van der Waals surface area contributed by atoms with E-state index in [9.17, 15) is 9.90 Å². The fraction of sp³-hybridized carbons (Fsp3) is 0.786. The Morgan fingerprint density at radius 1 is 1.61 bits per heavy atom. The summed E-state index contributed by atoms with van der Waals surface area (Å²) in [4.78, 5) is 14.5. The first-order valence-electron chi connectivity index (χ1n) is 6.94. The molecule has 4 rings (SSSR count). The minimum atomic E-state index is -0.500. The number of hydrogen-bond donors (Lipinski definition) is 1. The van der Waals surface area contributed by atoms with Gasteiger partial charge in [-0.05, 0) is 25.2 Å². The summed E-state index contributed by atoms with van der Waals surface area (Å²) in [6.45, 7) is 6.51. The van der Waals surface area contributed by atoms with E-state index in [2.05, 4.69) is 6.58 Å². The van der Waals surface area contributed by atoms with Crippen molar-refractivity contribution in [1.29, 1.82) is 0 Å². The molecule has 7 atom stereocenters. The van der Waals surface area contributed by atoms with E-state index < -0.39 is 11.8 Å². The molecular formula is C14H19NO3. The highest BCUT2D eigenvalue weighted by atomic mass is 16.6. The van der Waals surface area contributed by atoms with Crippen LogP contribution in [0.25, 0.3) is 0 Å². The Morgan fingerprint density at radius 3 is 3.06 bits per heavy atom. The fourth-order valence-electron chi connectivity index (χ4n) is 5.29. The molecule has 2 saturated carbocycles. The van der Waals surface area contributed by atoms with E-state index in [0.717, 1.165) is 6.42 Å². The van der Waals surface area contributed by atoms with Crippen LogP contribution in [0.4, 0.5) is 0 Å². The van der Waals surface area contributed by atoms with Gasteiger partial charge in [-0.1, -0.05) is 6.08 Å².